The van der Waals surface area contributed by atoms with Crippen LogP contribution in [0, 0.1) is 6.92 Å². The van der Waals surface area contributed by atoms with Crippen LogP contribution in [-0.2, 0) is 14.3 Å². The van der Waals surface area contributed by atoms with E-state index in [0.717, 1.165) is 5.56 Å². The number of amides is 1. The van der Waals surface area contributed by atoms with E-state index in [9.17, 15) is 9.59 Å². The van der Waals surface area contributed by atoms with E-state index in [0.29, 0.717) is 33.4 Å². The average Bonchev–Trinajstić information content (AvgIpc) is 2.79. The summed E-state index contributed by atoms with van der Waals surface area (Å²) in [6, 6.07) is 10.3. The number of nitrogens with one attached hydrogen (secondary N) is 3. The Kier molecular flexibility index (Phi) is 8.58. The molecule has 1 amide bonds. The highest BCUT2D eigenvalue weighted by Crippen LogP contribution is 2.40. The zero-order valence-corrected chi connectivity index (χ0v) is 21.7. The summed E-state index contributed by atoms with van der Waals surface area (Å²) in [5, 5.41) is 9.66. The van der Waals surface area contributed by atoms with E-state index in [1.807, 2.05) is 31.2 Å². The summed E-state index contributed by atoms with van der Waals surface area (Å²) >= 11 is 11.9. The maximum absolute atomic E-state index is 13.3. The summed E-state index contributed by atoms with van der Waals surface area (Å²) < 4.78 is 16.2. The summed E-state index contributed by atoms with van der Waals surface area (Å²) in [7, 11) is 1.46. The van der Waals surface area contributed by atoms with Crippen LogP contribution in [0.2, 0.25) is 5.02 Å². The number of ether oxygens (including phenoxy) is 3. The highest BCUT2D eigenvalue weighted by molar-refractivity contribution is 7.80. The minimum absolute atomic E-state index is 0.196. The van der Waals surface area contributed by atoms with Crippen LogP contribution in [0.1, 0.15) is 37.9 Å². The zero-order chi connectivity index (χ0) is 25.7. The smallest absolute Gasteiger partial charge is 0.347 e. The molecule has 0 bridgehead atoms. The Morgan fingerprint density at radius 1 is 1.23 bits per heavy atom. The highest BCUT2D eigenvalue weighted by atomic mass is 35.5. The van der Waals surface area contributed by atoms with Crippen LogP contribution in [0.4, 0.5) is 5.69 Å². The van der Waals surface area contributed by atoms with Gasteiger partial charge in [0.15, 0.2) is 22.7 Å². The molecule has 1 aliphatic rings. The predicted molar refractivity (Wildman–Crippen MR) is 139 cm³/mol. The van der Waals surface area contributed by atoms with Crippen LogP contribution >= 0.6 is 23.8 Å². The lowest BCUT2D eigenvalue weighted by Crippen LogP contribution is -2.45. The van der Waals surface area contributed by atoms with Gasteiger partial charge in [-0.2, -0.15) is 0 Å². The molecule has 0 aliphatic carbocycles. The number of benzene rings is 2. The van der Waals surface area contributed by atoms with Crippen molar-refractivity contribution in [1.29, 1.82) is 0 Å². The normalized spacial score (nSPS) is 16.1. The molecular formula is C25H28ClN3O5S. The second kappa shape index (κ2) is 11.4. The van der Waals surface area contributed by atoms with E-state index in [1.165, 1.54) is 7.11 Å². The Balaban J connectivity index is 1.97. The van der Waals surface area contributed by atoms with E-state index in [1.54, 1.807) is 32.9 Å². The summed E-state index contributed by atoms with van der Waals surface area (Å²) in [5.41, 5.74) is 3.37. The number of carbonyl (C=O) groups excluding carboxylic acids is 2. The minimum atomic E-state index is -0.894. The van der Waals surface area contributed by atoms with Crippen LogP contribution < -0.4 is 25.4 Å². The second-order valence-electron chi connectivity index (χ2n) is 7.94. The monoisotopic (exact) mass is 517 g/mol. The van der Waals surface area contributed by atoms with Crippen molar-refractivity contribution in [1.82, 2.24) is 10.6 Å². The molecule has 0 fully saturated rings. The summed E-state index contributed by atoms with van der Waals surface area (Å²) in [4.78, 5) is 25.4. The third kappa shape index (κ3) is 6.23. The molecule has 8 nitrogen and oxygen atoms in total. The van der Waals surface area contributed by atoms with Gasteiger partial charge in [0, 0.05) is 11.4 Å². The van der Waals surface area contributed by atoms with E-state index in [-0.39, 0.29) is 23.3 Å². The molecule has 2 aromatic rings. The Morgan fingerprint density at radius 3 is 2.63 bits per heavy atom. The molecule has 10 heteroatoms. The summed E-state index contributed by atoms with van der Waals surface area (Å²) in [5.74, 6) is -0.326. The number of methoxy groups -OCH3 is 1. The molecule has 2 aromatic carbocycles. The van der Waals surface area contributed by atoms with Crippen LogP contribution in [0.15, 0.2) is 47.7 Å². The molecule has 2 atom stereocenters. The first-order valence-electron chi connectivity index (χ1n) is 11.0. The van der Waals surface area contributed by atoms with Crippen molar-refractivity contribution in [2.75, 3.05) is 19.0 Å². The summed E-state index contributed by atoms with van der Waals surface area (Å²) in [6.45, 7) is 7.24. The van der Waals surface area contributed by atoms with Crippen molar-refractivity contribution in [2.45, 2.75) is 39.8 Å². The van der Waals surface area contributed by atoms with Gasteiger partial charge in [0.05, 0.1) is 30.4 Å². The maximum Gasteiger partial charge on any atom is 0.347 e. The Hall–Kier alpha value is -3.30. The quantitative estimate of drug-likeness (QED) is 0.350. The Labute approximate surface area is 215 Å². The van der Waals surface area contributed by atoms with Crippen LogP contribution in [0.25, 0.3) is 0 Å². The first kappa shape index (κ1) is 26.3. The molecule has 3 N–H and O–H groups in total. The number of allylic oxidation sites excluding steroid dienone is 1. The summed E-state index contributed by atoms with van der Waals surface area (Å²) in [6.07, 6.45) is -0.894. The number of hydrogen-bond donors (Lipinski definition) is 3. The van der Waals surface area contributed by atoms with Gasteiger partial charge in [-0.05, 0) is 75.3 Å². The molecule has 0 saturated carbocycles. The number of thiocarbonyl (C=S) groups is 1. The number of anilines is 1. The van der Waals surface area contributed by atoms with Crippen molar-refractivity contribution < 1.29 is 23.8 Å². The molecule has 186 valence electrons. The molecule has 0 saturated heterocycles. The van der Waals surface area contributed by atoms with Crippen molar-refractivity contribution in [3.05, 3.63) is 63.8 Å². The van der Waals surface area contributed by atoms with Gasteiger partial charge in [0.2, 0.25) is 0 Å². The van der Waals surface area contributed by atoms with Gasteiger partial charge in [-0.3, -0.25) is 4.79 Å². The predicted octanol–water partition coefficient (Wildman–Crippen LogP) is 4.42. The fourth-order valence-corrected chi connectivity index (χ4v) is 4.21. The fourth-order valence-electron chi connectivity index (χ4n) is 3.67. The van der Waals surface area contributed by atoms with Gasteiger partial charge in [-0.1, -0.05) is 23.7 Å². The fraction of sp³-hybridized carbons (Fsp3) is 0.320. The zero-order valence-electron chi connectivity index (χ0n) is 20.2. The second-order valence-corrected chi connectivity index (χ2v) is 8.76. The molecule has 1 aliphatic heterocycles. The number of aryl methyl sites for hydroxylation is 1. The number of rotatable bonds is 8. The number of esters is 1. The lowest BCUT2D eigenvalue weighted by molar-refractivity contribution is -0.150. The lowest BCUT2D eigenvalue weighted by atomic mass is 9.94. The van der Waals surface area contributed by atoms with Crippen LogP contribution in [-0.4, -0.2) is 36.8 Å². The minimum Gasteiger partial charge on any atom is -0.493 e. The number of hydrogen-bond acceptors (Lipinski definition) is 6. The van der Waals surface area contributed by atoms with Crippen LogP contribution in [0.5, 0.6) is 11.5 Å². The van der Waals surface area contributed by atoms with Gasteiger partial charge in [-0.25, -0.2) is 4.79 Å². The van der Waals surface area contributed by atoms with Crippen molar-refractivity contribution in [3.8, 4) is 11.5 Å². The average molecular weight is 518 g/mol. The number of carbonyl (C=O) groups is 2. The number of halogens is 1. The van der Waals surface area contributed by atoms with E-state index in [2.05, 4.69) is 16.0 Å². The maximum atomic E-state index is 13.3. The Morgan fingerprint density at radius 2 is 1.97 bits per heavy atom. The van der Waals surface area contributed by atoms with Gasteiger partial charge < -0.3 is 30.2 Å². The first-order valence-corrected chi connectivity index (χ1v) is 11.8. The van der Waals surface area contributed by atoms with Gasteiger partial charge in [-0.15, -0.1) is 0 Å². The highest BCUT2D eigenvalue weighted by Gasteiger charge is 2.32. The Bertz CT molecular complexity index is 1180. The standard InChI is InChI=1S/C25H28ClN3O5S/c1-6-33-24(31)15(4)34-22-18(26)11-16(12-19(22)32-5)21-20(14(3)27-25(35)29-21)23(30)28-17-9-7-8-13(2)10-17/h7-12,15,21H,6H2,1-5H3,(H,28,30)(H2,27,29,35)/t15-,21+/m0/s1. The van der Waals surface area contributed by atoms with Crippen molar-refractivity contribution >= 4 is 46.5 Å². The topological polar surface area (TPSA) is 97.9 Å². The van der Waals surface area contributed by atoms with Crippen molar-refractivity contribution in [2.24, 2.45) is 0 Å². The van der Waals surface area contributed by atoms with E-state index < -0.39 is 18.1 Å². The molecule has 0 unspecified atom stereocenters. The SMILES string of the molecule is CCOC(=O)[C@H](C)Oc1c(Cl)cc([C@H]2NC(=S)NC(C)=C2C(=O)Nc2cccc(C)c2)cc1OC. The van der Waals surface area contributed by atoms with E-state index >= 15 is 0 Å². The molecule has 3 rings (SSSR count). The van der Waals surface area contributed by atoms with E-state index in [4.69, 9.17) is 38.0 Å². The van der Waals surface area contributed by atoms with Gasteiger partial charge in [0.1, 0.15) is 0 Å². The third-order valence-electron chi connectivity index (χ3n) is 5.29. The molecular weight excluding hydrogens is 490 g/mol. The molecule has 35 heavy (non-hydrogen) atoms. The molecule has 1 heterocycles. The van der Waals surface area contributed by atoms with Crippen molar-refractivity contribution in [3.63, 3.8) is 0 Å². The molecule has 0 aromatic heterocycles. The van der Waals surface area contributed by atoms with Gasteiger partial charge >= 0.3 is 5.97 Å². The van der Waals surface area contributed by atoms with Gasteiger partial charge in [0.25, 0.3) is 5.91 Å². The molecule has 0 spiro atoms. The first-order chi connectivity index (χ1) is 16.6. The molecule has 0 radical (unpaired) electrons. The third-order valence-corrected chi connectivity index (χ3v) is 5.79. The largest absolute Gasteiger partial charge is 0.493 e. The van der Waals surface area contributed by atoms with Crippen LogP contribution in [0.3, 0.4) is 0 Å². The lowest BCUT2D eigenvalue weighted by Gasteiger charge is -2.31.